The van der Waals surface area contributed by atoms with Crippen molar-refractivity contribution in [1.29, 1.82) is 0 Å². The van der Waals surface area contributed by atoms with Gasteiger partial charge in [0.05, 0.1) is 6.61 Å². The number of rotatable bonds is 5. The third-order valence-electron chi connectivity index (χ3n) is 3.21. The van der Waals surface area contributed by atoms with E-state index in [2.05, 4.69) is 0 Å². The van der Waals surface area contributed by atoms with Crippen LogP contribution in [0.4, 0.5) is 0 Å². The number of hydrogen-bond donors (Lipinski definition) is 0. The van der Waals surface area contributed by atoms with E-state index in [1.807, 2.05) is 25.1 Å². The van der Waals surface area contributed by atoms with E-state index in [4.69, 9.17) is 18.9 Å². The summed E-state index contributed by atoms with van der Waals surface area (Å²) >= 11 is 0. The lowest BCUT2D eigenvalue weighted by Gasteiger charge is -2.10. The maximum Gasteiger partial charge on any atom is 0.342 e. The smallest absolute Gasteiger partial charge is 0.342 e. The van der Waals surface area contributed by atoms with Crippen molar-refractivity contribution in [2.75, 3.05) is 13.4 Å². The Bertz CT molecular complexity index is 680. The second-order valence-electron chi connectivity index (χ2n) is 4.69. The Morgan fingerprint density at radius 2 is 1.95 bits per heavy atom. The van der Waals surface area contributed by atoms with Crippen molar-refractivity contribution < 1.29 is 23.7 Å². The summed E-state index contributed by atoms with van der Waals surface area (Å²) in [5.74, 6) is 1.49. The molecule has 0 amide bonds. The SMILES string of the molecule is CCOc1ccccc1C(=O)OCc1ccc2c(c1)OCO2. The van der Waals surface area contributed by atoms with Crippen LogP contribution in [0.25, 0.3) is 0 Å². The Labute approximate surface area is 128 Å². The molecule has 0 aromatic heterocycles. The first-order valence-electron chi connectivity index (χ1n) is 7.05. The van der Waals surface area contributed by atoms with Crippen molar-refractivity contribution in [3.8, 4) is 17.2 Å². The van der Waals surface area contributed by atoms with Crippen LogP contribution in [0.3, 0.4) is 0 Å². The third-order valence-corrected chi connectivity index (χ3v) is 3.21. The van der Waals surface area contributed by atoms with E-state index in [9.17, 15) is 4.79 Å². The number of benzene rings is 2. The predicted molar refractivity (Wildman–Crippen MR) is 79.3 cm³/mol. The van der Waals surface area contributed by atoms with Crippen molar-refractivity contribution in [2.24, 2.45) is 0 Å². The van der Waals surface area contributed by atoms with E-state index in [1.165, 1.54) is 0 Å². The minimum Gasteiger partial charge on any atom is -0.493 e. The van der Waals surface area contributed by atoms with Gasteiger partial charge in [-0.25, -0.2) is 4.79 Å². The Morgan fingerprint density at radius 1 is 1.14 bits per heavy atom. The fourth-order valence-corrected chi connectivity index (χ4v) is 2.17. The van der Waals surface area contributed by atoms with Gasteiger partial charge in [0, 0.05) is 0 Å². The average Bonchev–Trinajstić information content (AvgIpc) is 3.01. The number of carbonyl (C=O) groups excluding carboxylic acids is 1. The van der Waals surface area contributed by atoms with Gasteiger partial charge < -0.3 is 18.9 Å². The standard InChI is InChI=1S/C17H16O5/c1-2-19-14-6-4-3-5-13(14)17(18)20-10-12-7-8-15-16(9-12)22-11-21-15/h3-9H,2,10-11H2,1H3. The minimum absolute atomic E-state index is 0.163. The van der Waals surface area contributed by atoms with Crippen molar-refractivity contribution >= 4 is 5.97 Å². The topological polar surface area (TPSA) is 54.0 Å². The molecular formula is C17H16O5. The normalized spacial score (nSPS) is 12.0. The van der Waals surface area contributed by atoms with Crippen LogP contribution < -0.4 is 14.2 Å². The summed E-state index contributed by atoms with van der Waals surface area (Å²) in [5.41, 5.74) is 1.26. The number of fused-ring (bicyclic) bond motifs is 1. The molecule has 22 heavy (non-hydrogen) atoms. The molecule has 1 heterocycles. The highest BCUT2D eigenvalue weighted by atomic mass is 16.7. The first-order valence-corrected chi connectivity index (χ1v) is 7.05. The first-order chi connectivity index (χ1) is 10.8. The number of ether oxygens (including phenoxy) is 4. The number of hydrogen-bond acceptors (Lipinski definition) is 5. The van der Waals surface area contributed by atoms with Gasteiger partial charge in [0.2, 0.25) is 6.79 Å². The molecule has 0 fully saturated rings. The average molecular weight is 300 g/mol. The van der Waals surface area contributed by atoms with Crippen molar-refractivity contribution in [2.45, 2.75) is 13.5 Å². The Hall–Kier alpha value is -2.69. The van der Waals surface area contributed by atoms with Crippen LogP contribution in [0.5, 0.6) is 17.2 Å². The molecule has 0 N–H and O–H groups in total. The molecule has 114 valence electrons. The van der Waals surface area contributed by atoms with Crippen LogP contribution in [-0.4, -0.2) is 19.4 Å². The maximum absolute atomic E-state index is 12.2. The zero-order valence-corrected chi connectivity index (χ0v) is 12.2. The molecule has 1 aliphatic heterocycles. The predicted octanol–water partition coefficient (Wildman–Crippen LogP) is 3.17. The molecule has 5 heteroatoms. The summed E-state index contributed by atoms with van der Waals surface area (Å²) in [5, 5.41) is 0. The molecule has 2 aromatic rings. The summed E-state index contributed by atoms with van der Waals surface area (Å²) in [6.07, 6.45) is 0. The van der Waals surface area contributed by atoms with Gasteiger partial charge in [-0.2, -0.15) is 0 Å². The van der Waals surface area contributed by atoms with Crippen LogP contribution in [0, 0.1) is 0 Å². The highest BCUT2D eigenvalue weighted by molar-refractivity contribution is 5.92. The second kappa shape index (κ2) is 6.39. The molecule has 5 nitrogen and oxygen atoms in total. The Balaban J connectivity index is 1.67. The quantitative estimate of drug-likeness (QED) is 0.794. The van der Waals surface area contributed by atoms with Gasteiger partial charge >= 0.3 is 5.97 Å². The molecule has 2 aromatic carbocycles. The fraction of sp³-hybridized carbons (Fsp3) is 0.235. The molecule has 1 aliphatic rings. The van der Waals surface area contributed by atoms with Gasteiger partial charge in [0.25, 0.3) is 0 Å². The van der Waals surface area contributed by atoms with Gasteiger partial charge in [0.15, 0.2) is 11.5 Å². The van der Waals surface area contributed by atoms with Crippen LogP contribution in [0.2, 0.25) is 0 Å². The van der Waals surface area contributed by atoms with Gasteiger partial charge in [-0.3, -0.25) is 0 Å². The molecule has 0 spiro atoms. The second-order valence-corrected chi connectivity index (χ2v) is 4.69. The van der Waals surface area contributed by atoms with Crippen LogP contribution in [-0.2, 0) is 11.3 Å². The summed E-state index contributed by atoms with van der Waals surface area (Å²) in [6, 6.07) is 12.5. The summed E-state index contributed by atoms with van der Waals surface area (Å²) in [4.78, 5) is 12.2. The van der Waals surface area contributed by atoms with E-state index in [-0.39, 0.29) is 13.4 Å². The minimum atomic E-state index is -0.415. The van der Waals surface area contributed by atoms with Gasteiger partial charge in [0.1, 0.15) is 17.9 Å². The first kappa shape index (κ1) is 14.3. The highest BCUT2D eigenvalue weighted by Gasteiger charge is 2.16. The lowest BCUT2D eigenvalue weighted by Crippen LogP contribution is -2.08. The van der Waals surface area contributed by atoms with Gasteiger partial charge in [-0.1, -0.05) is 18.2 Å². The van der Waals surface area contributed by atoms with E-state index in [0.717, 1.165) is 5.56 Å². The Morgan fingerprint density at radius 3 is 2.82 bits per heavy atom. The Kier molecular flexibility index (Phi) is 4.14. The summed E-state index contributed by atoms with van der Waals surface area (Å²) in [6.45, 7) is 2.75. The largest absolute Gasteiger partial charge is 0.493 e. The van der Waals surface area contributed by atoms with E-state index in [0.29, 0.717) is 29.4 Å². The van der Waals surface area contributed by atoms with E-state index in [1.54, 1.807) is 24.3 Å². The van der Waals surface area contributed by atoms with Gasteiger partial charge in [-0.05, 0) is 36.8 Å². The fourth-order valence-electron chi connectivity index (χ4n) is 2.17. The zero-order chi connectivity index (χ0) is 15.4. The molecule has 0 unspecified atom stereocenters. The van der Waals surface area contributed by atoms with Crippen molar-refractivity contribution in [1.82, 2.24) is 0 Å². The molecule has 0 radical (unpaired) electrons. The van der Waals surface area contributed by atoms with Crippen LogP contribution in [0.15, 0.2) is 42.5 Å². The van der Waals surface area contributed by atoms with E-state index >= 15 is 0 Å². The molecule has 0 bridgehead atoms. The van der Waals surface area contributed by atoms with Crippen LogP contribution >= 0.6 is 0 Å². The zero-order valence-electron chi connectivity index (χ0n) is 12.2. The molecule has 3 rings (SSSR count). The molecule has 0 aliphatic carbocycles. The molecule has 0 atom stereocenters. The number of esters is 1. The maximum atomic E-state index is 12.2. The van der Waals surface area contributed by atoms with Crippen molar-refractivity contribution in [3.05, 3.63) is 53.6 Å². The van der Waals surface area contributed by atoms with Gasteiger partial charge in [-0.15, -0.1) is 0 Å². The number of para-hydroxylation sites is 1. The lowest BCUT2D eigenvalue weighted by atomic mass is 10.2. The van der Waals surface area contributed by atoms with Crippen molar-refractivity contribution in [3.63, 3.8) is 0 Å². The summed E-state index contributed by atoms with van der Waals surface area (Å²) < 4.78 is 21.3. The molecule has 0 saturated heterocycles. The lowest BCUT2D eigenvalue weighted by molar-refractivity contribution is 0.0468. The highest BCUT2D eigenvalue weighted by Crippen LogP contribution is 2.32. The summed E-state index contributed by atoms with van der Waals surface area (Å²) in [7, 11) is 0. The third kappa shape index (κ3) is 2.98. The monoisotopic (exact) mass is 300 g/mol. The molecule has 0 saturated carbocycles. The van der Waals surface area contributed by atoms with E-state index < -0.39 is 5.97 Å². The molecular weight excluding hydrogens is 284 g/mol. The number of carbonyl (C=O) groups is 1. The van der Waals surface area contributed by atoms with Crippen LogP contribution in [0.1, 0.15) is 22.8 Å².